The summed E-state index contributed by atoms with van der Waals surface area (Å²) in [4.78, 5) is 14.2. The number of amides is 1. The van der Waals surface area contributed by atoms with Gasteiger partial charge in [0.05, 0.1) is 5.56 Å². The van der Waals surface area contributed by atoms with Gasteiger partial charge in [-0.25, -0.2) is 0 Å². The molecule has 0 aliphatic heterocycles. The fraction of sp³-hybridized carbons (Fsp3) is 0.462. The van der Waals surface area contributed by atoms with Crippen LogP contribution in [0.1, 0.15) is 23.2 Å². The van der Waals surface area contributed by atoms with E-state index in [1.165, 1.54) is 12.8 Å². The topological polar surface area (TPSA) is 58.4 Å². The second-order valence-electron chi connectivity index (χ2n) is 4.70. The van der Waals surface area contributed by atoms with Crippen LogP contribution in [0.4, 0.5) is 5.69 Å². The largest absolute Gasteiger partial charge is 0.398 e. The van der Waals surface area contributed by atoms with Crippen LogP contribution in [0, 0.1) is 0 Å². The average molecular weight is 312 g/mol. The highest BCUT2D eigenvalue weighted by molar-refractivity contribution is 9.10. The lowest BCUT2D eigenvalue weighted by Gasteiger charge is -2.16. The van der Waals surface area contributed by atoms with Crippen molar-refractivity contribution >= 4 is 27.5 Å². The third-order valence-electron chi connectivity index (χ3n) is 3.18. The van der Waals surface area contributed by atoms with Crippen LogP contribution in [0.2, 0.25) is 0 Å². The van der Waals surface area contributed by atoms with E-state index in [4.69, 9.17) is 5.73 Å². The highest BCUT2D eigenvalue weighted by atomic mass is 79.9. The Bertz CT molecular complexity index is 446. The molecule has 0 aromatic heterocycles. The Labute approximate surface area is 116 Å². The molecule has 1 aliphatic rings. The summed E-state index contributed by atoms with van der Waals surface area (Å²) < 4.78 is 0.858. The zero-order valence-corrected chi connectivity index (χ0v) is 12.0. The first-order valence-corrected chi connectivity index (χ1v) is 6.90. The number of carbonyl (C=O) groups excluding carboxylic acids is 1. The minimum absolute atomic E-state index is 0.113. The molecule has 3 N–H and O–H groups in total. The molecule has 0 heterocycles. The monoisotopic (exact) mass is 311 g/mol. The number of hydrogen-bond acceptors (Lipinski definition) is 3. The van der Waals surface area contributed by atoms with Crippen molar-refractivity contribution in [1.82, 2.24) is 10.2 Å². The van der Waals surface area contributed by atoms with Gasteiger partial charge < -0.3 is 16.0 Å². The van der Waals surface area contributed by atoms with Crippen molar-refractivity contribution in [2.24, 2.45) is 0 Å². The summed E-state index contributed by atoms with van der Waals surface area (Å²) in [5.41, 5.74) is 6.82. The van der Waals surface area contributed by atoms with E-state index >= 15 is 0 Å². The summed E-state index contributed by atoms with van der Waals surface area (Å²) in [6, 6.07) is 6.02. The van der Waals surface area contributed by atoms with Crippen molar-refractivity contribution in [3.05, 3.63) is 28.2 Å². The van der Waals surface area contributed by atoms with E-state index in [1.807, 2.05) is 6.07 Å². The minimum atomic E-state index is -0.113. The maximum atomic E-state index is 12.0. The molecule has 0 spiro atoms. The Morgan fingerprint density at radius 2 is 2.28 bits per heavy atom. The first kappa shape index (κ1) is 13.4. The highest BCUT2D eigenvalue weighted by Crippen LogP contribution is 2.24. The normalized spacial score (nSPS) is 14.8. The maximum Gasteiger partial charge on any atom is 0.253 e. The predicted octanol–water partition coefficient (Wildman–Crippen LogP) is 1.86. The third-order valence-corrected chi connectivity index (χ3v) is 3.67. The summed E-state index contributed by atoms with van der Waals surface area (Å²) in [6.45, 7) is 1.53. The van der Waals surface area contributed by atoms with E-state index in [-0.39, 0.29) is 5.91 Å². The number of hydrogen-bond donors (Lipinski definition) is 2. The van der Waals surface area contributed by atoms with Crippen LogP contribution < -0.4 is 11.1 Å². The molecule has 5 heteroatoms. The molecule has 2 rings (SSSR count). The number of anilines is 1. The van der Waals surface area contributed by atoms with Gasteiger partial charge >= 0.3 is 0 Å². The number of halogens is 1. The fourth-order valence-electron chi connectivity index (χ4n) is 1.86. The Balaban J connectivity index is 1.85. The van der Waals surface area contributed by atoms with Gasteiger partial charge in [0.25, 0.3) is 5.91 Å². The zero-order chi connectivity index (χ0) is 13.1. The van der Waals surface area contributed by atoms with E-state index in [9.17, 15) is 4.79 Å². The van der Waals surface area contributed by atoms with Crippen molar-refractivity contribution in [3.63, 3.8) is 0 Å². The summed E-state index contributed by atoms with van der Waals surface area (Å²) in [5.74, 6) is -0.113. The van der Waals surface area contributed by atoms with Crippen molar-refractivity contribution in [3.8, 4) is 0 Å². The van der Waals surface area contributed by atoms with Crippen molar-refractivity contribution < 1.29 is 4.79 Å². The lowest BCUT2D eigenvalue weighted by atomic mass is 10.1. The molecule has 18 heavy (non-hydrogen) atoms. The van der Waals surface area contributed by atoms with E-state index in [2.05, 4.69) is 33.2 Å². The van der Waals surface area contributed by atoms with Gasteiger partial charge in [-0.2, -0.15) is 0 Å². The Morgan fingerprint density at radius 1 is 1.56 bits per heavy atom. The lowest BCUT2D eigenvalue weighted by Crippen LogP contribution is -2.34. The molecule has 1 aromatic carbocycles. The van der Waals surface area contributed by atoms with E-state index < -0.39 is 0 Å². The maximum absolute atomic E-state index is 12.0. The van der Waals surface area contributed by atoms with Gasteiger partial charge in [-0.05, 0) is 38.1 Å². The summed E-state index contributed by atoms with van der Waals surface area (Å²) in [6.07, 6.45) is 2.56. The van der Waals surface area contributed by atoms with Gasteiger partial charge in [0.15, 0.2) is 0 Å². The Kier molecular flexibility index (Phi) is 4.24. The van der Waals surface area contributed by atoms with Crippen LogP contribution in [-0.4, -0.2) is 37.0 Å². The van der Waals surface area contributed by atoms with E-state index in [0.717, 1.165) is 17.1 Å². The zero-order valence-electron chi connectivity index (χ0n) is 10.4. The SMILES string of the molecule is CN(CCNC(=O)c1cc(Br)ccc1N)C1CC1. The molecule has 0 radical (unpaired) electrons. The van der Waals surface area contributed by atoms with Crippen LogP contribution >= 0.6 is 15.9 Å². The van der Waals surface area contributed by atoms with Crippen LogP contribution in [-0.2, 0) is 0 Å². The first-order valence-electron chi connectivity index (χ1n) is 6.11. The quantitative estimate of drug-likeness (QED) is 0.816. The first-order chi connectivity index (χ1) is 8.58. The number of nitrogens with two attached hydrogens (primary N) is 1. The smallest absolute Gasteiger partial charge is 0.253 e. The molecule has 0 atom stereocenters. The molecular weight excluding hydrogens is 294 g/mol. The second kappa shape index (κ2) is 5.71. The summed E-state index contributed by atoms with van der Waals surface area (Å²) in [7, 11) is 2.09. The predicted molar refractivity (Wildman–Crippen MR) is 76.5 cm³/mol. The summed E-state index contributed by atoms with van der Waals surface area (Å²) in [5, 5.41) is 2.90. The Hall–Kier alpha value is -1.07. The molecule has 0 unspecified atom stereocenters. The number of nitrogen functional groups attached to an aromatic ring is 1. The van der Waals surface area contributed by atoms with Gasteiger partial charge in [0.2, 0.25) is 0 Å². The fourth-order valence-corrected chi connectivity index (χ4v) is 2.23. The van der Waals surface area contributed by atoms with Crippen molar-refractivity contribution in [1.29, 1.82) is 0 Å². The second-order valence-corrected chi connectivity index (χ2v) is 5.61. The van der Waals surface area contributed by atoms with Crippen LogP contribution in [0.25, 0.3) is 0 Å². The molecule has 1 fully saturated rings. The van der Waals surface area contributed by atoms with E-state index in [0.29, 0.717) is 17.8 Å². The van der Waals surface area contributed by atoms with Gasteiger partial charge in [-0.15, -0.1) is 0 Å². The number of nitrogens with zero attached hydrogens (tertiary/aromatic N) is 1. The molecule has 1 amide bonds. The molecule has 98 valence electrons. The molecule has 0 bridgehead atoms. The Morgan fingerprint density at radius 3 is 2.94 bits per heavy atom. The standard InChI is InChI=1S/C13H18BrN3O/c1-17(10-3-4-10)7-6-16-13(18)11-8-9(14)2-5-12(11)15/h2,5,8,10H,3-4,6-7,15H2,1H3,(H,16,18). The molecular formula is C13H18BrN3O. The number of nitrogens with one attached hydrogen (secondary N) is 1. The molecule has 4 nitrogen and oxygen atoms in total. The number of benzene rings is 1. The van der Waals surface area contributed by atoms with Crippen LogP contribution in [0.3, 0.4) is 0 Å². The summed E-state index contributed by atoms with van der Waals surface area (Å²) >= 11 is 3.34. The molecule has 1 aliphatic carbocycles. The minimum Gasteiger partial charge on any atom is -0.398 e. The molecule has 0 saturated heterocycles. The highest BCUT2D eigenvalue weighted by Gasteiger charge is 2.25. The number of carbonyl (C=O) groups is 1. The van der Waals surface area contributed by atoms with Crippen molar-refractivity contribution in [2.75, 3.05) is 25.9 Å². The van der Waals surface area contributed by atoms with Gasteiger partial charge in [-0.3, -0.25) is 4.79 Å². The van der Waals surface area contributed by atoms with Crippen LogP contribution in [0.5, 0.6) is 0 Å². The third kappa shape index (κ3) is 3.46. The van der Waals surface area contributed by atoms with Crippen LogP contribution in [0.15, 0.2) is 22.7 Å². The van der Waals surface area contributed by atoms with Gasteiger partial charge in [-0.1, -0.05) is 15.9 Å². The van der Waals surface area contributed by atoms with Gasteiger partial charge in [0.1, 0.15) is 0 Å². The lowest BCUT2D eigenvalue weighted by molar-refractivity contribution is 0.0950. The molecule has 1 aromatic rings. The van der Waals surface area contributed by atoms with Gasteiger partial charge in [0, 0.05) is 29.3 Å². The average Bonchev–Trinajstić information content (AvgIpc) is 3.16. The molecule has 1 saturated carbocycles. The van der Waals surface area contributed by atoms with E-state index in [1.54, 1.807) is 12.1 Å². The number of rotatable bonds is 5. The number of likely N-dealkylation sites (N-methyl/N-ethyl adjacent to an activating group) is 1. The van der Waals surface area contributed by atoms with Crippen molar-refractivity contribution in [2.45, 2.75) is 18.9 Å².